The number of ether oxygens (including phenoxy) is 2. The molecule has 9 heteroatoms. The average Bonchev–Trinajstić information content (AvgIpc) is 2.68. The molecule has 0 aliphatic heterocycles. The second kappa shape index (κ2) is 9.76. The minimum atomic E-state index is -0.451. The smallest absolute Gasteiger partial charge is 0.277 e. The fourth-order valence-electron chi connectivity index (χ4n) is 2.10. The zero-order valence-electron chi connectivity index (χ0n) is 15.0. The van der Waals surface area contributed by atoms with Crippen LogP contribution in [0.3, 0.4) is 0 Å². The van der Waals surface area contributed by atoms with E-state index in [0.717, 1.165) is 5.56 Å². The summed E-state index contributed by atoms with van der Waals surface area (Å²) < 4.78 is 10.3. The first-order chi connectivity index (χ1) is 13.0. The van der Waals surface area contributed by atoms with E-state index in [1.807, 2.05) is 0 Å². The zero-order chi connectivity index (χ0) is 19.6. The molecule has 27 heavy (non-hydrogen) atoms. The van der Waals surface area contributed by atoms with Crippen LogP contribution < -0.4 is 14.9 Å². The lowest BCUT2D eigenvalue weighted by Crippen LogP contribution is -2.24. The third kappa shape index (κ3) is 6.31. The maximum atomic E-state index is 11.8. The van der Waals surface area contributed by atoms with E-state index >= 15 is 0 Å². The predicted molar refractivity (Wildman–Crippen MR) is 99.6 cm³/mol. The highest BCUT2D eigenvalue weighted by atomic mass is 16.5. The van der Waals surface area contributed by atoms with Crippen LogP contribution in [0.2, 0.25) is 0 Å². The maximum absolute atomic E-state index is 11.8. The van der Waals surface area contributed by atoms with E-state index in [1.165, 1.54) is 24.4 Å². The first kappa shape index (κ1) is 19.7. The number of nitrogens with one attached hydrogen (secondary N) is 1. The molecule has 2 N–H and O–H groups in total. The van der Waals surface area contributed by atoms with Crippen molar-refractivity contribution in [1.29, 1.82) is 0 Å². The van der Waals surface area contributed by atoms with E-state index in [9.17, 15) is 14.8 Å². The normalized spacial score (nSPS) is 10.4. The molecule has 0 aromatic heterocycles. The minimum absolute atomic E-state index is 0.0147. The highest BCUT2D eigenvalue weighted by molar-refractivity contribution is 5.85. The van der Waals surface area contributed by atoms with Crippen molar-refractivity contribution in [2.24, 2.45) is 10.4 Å². The number of nitrogens with zero attached hydrogens (tertiary/aromatic N) is 3. The molecular formula is C18H20N4O5. The van der Waals surface area contributed by atoms with Crippen molar-refractivity contribution in [3.63, 3.8) is 0 Å². The third-order valence-corrected chi connectivity index (χ3v) is 3.47. The molecule has 0 spiro atoms. The van der Waals surface area contributed by atoms with E-state index in [1.54, 1.807) is 43.4 Å². The van der Waals surface area contributed by atoms with Gasteiger partial charge in [-0.15, -0.1) is 4.91 Å². The molecule has 0 saturated heterocycles. The number of nitroso groups, excluding NO2 is 1. The number of rotatable bonds is 9. The number of carbonyl (C=O) groups is 1. The topological polar surface area (TPSA) is 113 Å². The Morgan fingerprint density at radius 1 is 1.22 bits per heavy atom. The van der Waals surface area contributed by atoms with Crippen molar-refractivity contribution in [3.8, 4) is 17.2 Å². The summed E-state index contributed by atoms with van der Waals surface area (Å²) in [6.45, 7) is 0.165. The van der Waals surface area contributed by atoms with Crippen molar-refractivity contribution in [3.05, 3.63) is 58.5 Å². The molecule has 0 fully saturated rings. The van der Waals surface area contributed by atoms with E-state index in [-0.39, 0.29) is 12.4 Å². The fourth-order valence-corrected chi connectivity index (χ4v) is 2.10. The molecule has 0 heterocycles. The number of phenolic OH excluding ortho intramolecular Hbond substituents is 1. The molecule has 0 unspecified atom stereocenters. The number of carbonyl (C=O) groups excluding carboxylic acids is 1. The number of benzene rings is 2. The Morgan fingerprint density at radius 2 is 1.93 bits per heavy atom. The molecule has 2 aromatic rings. The minimum Gasteiger partial charge on any atom is -0.507 e. The summed E-state index contributed by atoms with van der Waals surface area (Å²) >= 11 is 0. The van der Waals surface area contributed by atoms with E-state index in [4.69, 9.17) is 9.47 Å². The molecule has 0 atom stereocenters. The van der Waals surface area contributed by atoms with Gasteiger partial charge in [-0.2, -0.15) is 5.10 Å². The summed E-state index contributed by atoms with van der Waals surface area (Å²) in [6.07, 6.45) is 1.32. The molecule has 0 aliphatic rings. The van der Waals surface area contributed by atoms with Gasteiger partial charge in [0.25, 0.3) is 5.91 Å². The van der Waals surface area contributed by atoms with Crippen LogP contribution in [0.1, 0.15) is 11.1 Å². The van der Waals surface area contributed by atoms with Crippen molar-refractivity contribution in [1.82, 2.24) is 10.4 Å². The molecule has 2 rings (SSSR count). The molecule has 9 nitrogen and oxygen atoms in total. The highest BCUT2D eigenvalue weighted by Gasteiger charge is 2.04. The van der Waals surface area contributed by atoms with Gasteiger partial charge >= 0.3 is 0 Å². The first-order valence-electron chi connectivity index (χ1n) is 7.97. The zero-order valence-corrected chi connectivity index (χ0v) is 15.0. The van der Waals surface area contributed by atoms with E-state index < -0.39 is 5.91 Å². The predicted octanol–water partition coefficient (Wildman–Crippen LogP) is 2.04. The Morgan fingerprint density at radius 3 is 2.56 bits per heavy atom. The van der Waals surface area contributed by atoms with Crippen molar-refractivity contribution in [2.45, 2.75) is 6.54 Å². The number of hydrogen-bond acceptors (Lipinski definition) is 7. The van der Waals surface area contributed by atoms with Gasteiger partial charge in [-0.05, 0) is 29.8 Å². The second-order valence-corrected chi connectivity index (χ2v) is 5.55. The van der Waals surface area contributed by atoms with Crippen molar-refractivity contribution in [2.75, 3.05) is 20.8 Å². The van der Waals surface area contributed by atoms with Gasteiger partial charge in [-0.1, -0.05) is 12.1 Å². The van der Waals surface area contributed by atoms with Gasteiger partial charge in [0.15, 0.2) is 6.61 Å². The highest BCUT2D eigenvalue weighted by Crippen LogP contribution is 2.21. The number of hydrazone groups is 1. The van der Waals surface area contributed by atoms with Crippen LogP contribution in [0, 0.1) is 4.91 Å². The van der Waals surface area contributed by atoms with E-state index in [0.29, 0.717) is 23.6 Å². The van der Waals surface area contributed by atoms with Gasteiger partial charge in [0, 0.05) is 18.7 Å². The van der Waals surface area contributed by atoms with Crippen LogP contribution in [0.25, 0.3) is 0 Å². The Balaban J connectivity index is 1.80. The van der Waals surface area contributed by atoms with Gasteiger partial charge < -0.3 is 14.6 Å². The average molecular weight is 372 g/mol. The first-order valence-corrected chi connectivity index (χ1v) is 7.97. The summed E-state index contributed by atoms with van der Waals surface area (Å²) in [5, 5.41) is 17.6. The quantitative estimate of drug-likeness (QED) is 0.396. The summed E-state index contributed by atoms with van der Waals surface area (Å²) in [5.74, 6) is 0.557. The number of amides is 1. The number of methoxy groups -OCH3 is 1. The summed E-state index contributed by atoms with van der Waals surface area (Å²) in [4.78, 5) is 22.1. The third-order valence-electron chi connectivity index (χ3n) is 3.47. The molecule has 2 aromatic carbocycles. The molecular weight excluding hydrogens is 352 g/mol. The molecule has 0 bridgehead atoms. The Kier molecular flexibility index (Phi) is 7.12. The van der Waals surface area contributed by atoms with E-state index in [2.05, 4.69) is 15.8 Å². The largest absolute Gasteiger partial charge is 0.507 e. The fraction of sp³-hybridized carbons (Fsp3) is 0.222. The maximum Gasteiger partial charge on any atom is 0.277 e. The summed E-state index contributed by atoms with van der Waals surface area (Å²) in [7, 11) is 3.07. The lowest BCUT2D eigenvalue weighted by molar-refractivity contribution is -0.123. The van der Waals surface area contributed by atoms with Crippen LogP contribution in [-0.4, -0.2) is 43.0 Å². The van der Waals surface area contributed by atoms with Crippen LogP contribution in [0.4, 0.5) is 0 Å². The van der Waals surface area contributed by atoms with Crippen LogP contribution in [-0.2, 0) is 11.3 Å². The molecule has 0 saturated carbocycles. The molecule has 1 amide bonds. The van der Waals surface area contributed by atoms with Gasteiger partial charge in [0.2, 0.25) is 0 Å². The monoisotopic (exact) mass is 372 g/mol. The van der Waals surface area contributed by atoms with Crippen LogP contribution in [0.5, 0.6) is 17.2 Å². The van der Waals surface area contributed by atoms with Crippen molar-refractivity contribution >= 4 is 12.1 Å². The van der Waals surface area contributed by atoms with Crippen LogP contribution in [0.15, 0.2) is 52.9 Å². The van der Waals surface area contributed by atoms with Crippen LogP contribution >= 0.6 is 0 Å². The van der Waals surface area contributed by atoms with Gasteiger partial charge in [-0.3, -0.25) is 9.80 Å². The second-order valence-electron chi connectivity index (χ2n) is 5.55. The number of aromatic hydroxyl groups is 1. The Hall–Kier alpha value is -3.62. The van der Waals surface area contributed by atoms with Gasteiger partial charge in [0.05, 0.1) is 25.2 Å². The summed E-state index contributed by atoms with van der Waals surface area (Å²) in [5.41, 5.74) is 3.63. The SMILES string of the molecule is COc1ccc(/C=N/NC(=O)COc2ccc(CN(C)N=O)cc2)c(O)c1. The summed E-state index contributed by atoms with van der Waals surface area (Å²) in [6, 6.07) is 11.7. The Labute approximate surface area is 156 Å². The standard InChI is InChI=1S/C18H20N4O5/c1-22(21-25)11-13-3-6-15(7-4-13)27-12-18(24)20-19-10-14-5-8-16(26-2)9-17(14)23/h3-10,23H,11-12H2,1-2H3,(H,20,24)/b19-10+. The molecule has 142 valence electrons. The van der Waals surface area contributed by atoms with Gasteiger partial charge in [-0.25, -0.2) is 5.43 Å². The lowest BCUT2D eigenvalue weighted by atomic mass is 10.2. The molecule has 0 radical (unpaired) electrons. The number of phenols is 1. The number of hydrogen-bond donors (Lipinski definition) is 2. The van der Waals surface area contributed by atoms with Crippen molar-refractivity contribution < 1.29 is 19.4 Å². The van der Waals surface area contributed by atoms with Gasteiger partial charge in [0.1, 0.15) is 17.2 Å². The lowest BCUT2D eigenvalue weighted by Gasteiger charge is -2.09. The molecule has 0 aliphatic carbocycles. The Bertz CT molecular complexity index is 808.